The third-order valence-corrected chi connectivity index (χ3v) is 7.77. The van der Waals surface area contributed by atoms with E-state index in [4.69, 9.17) is 0 Å². The van der Waals surface area contributed by atoms with E-state index in [9.17, 15) is 0 Å². The molecule has 3 aromatic carbocycles. The van der Waals surface area contributed by atoms with Crippen LogP contribution in [0.5, 0.6) is 0 Å². The van der Waals surface area contributed by atoms with Gasteiger partial charge in [0.05, 0.1) is 0 Å². The van der Waals surface area contributed by atoms with E-state index in [-0.39, 0.29) is 0 Å². The van der Waals surface area contributed by atoms with Crippen molar-refractivity contribution in [1.82, 2.24) is 0 Å². The smallest absolute Gasteiger partial charge is 0.0255 e. The Labute approximate surface area is 208 Å². The molecule has 178 valence electrons. The lowest BCUT2D eigenvalue weighted by molar-refractivity contribution is 0.304. The van der Waals surface area contributed by atoms with Gasteiger partial charge in [0.15, 0.2) is 0 Å². The van der Waals surface area contributed by atoms with Gasteiger partial charge in [0.2, 0.25) is 0 Å². The Morgan fingerprint density at radius 2 is 1.32 bits per heavy atom. The van der Waals surface area contributed by atoms with E-state index in [2.05, 4.69) is 86.4 Å². The van der Waals surface area contributed by atoms with Gasteiger partial charge >= 0.3 is 0 Å². The molecular formula is C34H42. The third-order valence-electron chi connectivity index (χ3n) is 7.77. The van der Waals surface area contributed by atoms with Crippen molar-refractivity contribution in [3.05, 3.63) is 82.9 Å². The number of aryl methyl sites for hydroxylation is 1. The number of hydrogen-bond donors (Lipinski definition) is 0. The molecule has 0 aliphatic heterocycles. The fourth-order valence-corrected chi connectivity index (χ4v) is 5.54. The van der Waals surface area contributed by atoms with Gasteiger partial charge in [-0.2, -0.15) is 0 Å². The first kappa shape index (κ1) is 24.6. The summed E-state index contributed by atoms with van der Waals surface area (Å²) >= 11 is 0. The number of fused-ring (bicyclic) bond motifs is 1. The van der Waals surface area contributed by atoms with Gasteiger partial charge in [0.25, 0.3) is 0 Å². The summed E-state index contributed by atoms with van der Waals surface area (Å²) < 4.78 is 0. The van der Waals surface area contributed by atoms with Crippen LogP contribution in [0.15, 0.2) is 60.7 Å². The molecule has 0 heteroatoms. The van der Waals surface area contributed by atoms with E-state index in [1.54, 1.807) is 0 Å². The molecule has 0 radical (unpaired) electrons. The highest BCUT2D eigenvalue weighted by Crippen LogP contribution is 2.37. The lowest BCUT2D eigenvalue weighted by Crippen LogP contribution is -2.13. The second kappa shape index (κ2) is 12.8. The van der Waals surface area contributed by atoms with Crippen LogP contribution < -0.4 is 0 Å². The van der Waals surface area contributed by atoms with Gasteiger partial charge in [-0.15, -0.1) is 0 Å². The summed E-state index contributed by atoms with van der Waals surface area (Å²) in [6.07, 6.45) is 16.2. The van der Waals surface area contributed by atoms with Gasteiger partial charge < -0.3 is 0 Å². The van der Waals surface area contributed by atoms with E-state index in [0.29, 0.717) is 0 Å². The summed E-state index contributed by atoms with van der Waals surface area (Å²) in [5.74, 6) is 8.50. The van der Waals surface area contributed by atoms with E-state index < -0.39 is 0 Å². The minimum atomic E-state index is 0.747. The van der Waals surface area contributed by atoms with Crippen LogP contribution in [0.3, 0.4) is 0 Å². The topological polar surface area (TPSA) is 0 Å². The Balaban J connectivity index is 1.34. The van der Waals surface area contributed by atoms with Crippen molar-refractivity contribution >= 4 is 10.8 Å². The maximum atomic E-state index is 3.39. The van der Waals surface area contributed by atoms with Crippen molar-refractivity contribution in [1.29, 1.82) is 0 Å². The molecule has 3 aromatic rings. The molecule has 0 amide bonds. The Morgan fingerprint density at radius 1 is 0.647 bits per heavy atom. The zero-order valence-electron chi connectivity index (χ0n) is 21.4. The van der Waals surface area contributed by atoms with Gasteiger partial charge in [-0.05, 0) is 96.5 Å². The lowest BCUT2D eigenvalue weighted by atomic mass is 9.77. The standard InChI is InChI=1S/C34H42/c1-3-5-7-8-10-29-17-23-34-26-30(18-24-33(34)25-29)12-11-28-15-21-32(22-16-28)31-19-13-27(14-20-31)9-6-4-2/h15-18,21-27,31H,3-10,13-14,19-20H2,1-2H3/t27-,31-. The zero-order valence-corrected chi connectivity index (χ0v) is 21.4. The highest BCUT2D eigenvalue weighted by Gasteiger charge is 2.21. The van der Waals surface area contributed by atoms with Crippen LogP contribution in [-0.4, -0.2) is 0 Å². The van der Waals surface area contributed by atoms with E-state index >= 15 is 0 Å². The summed E-state index contributed by atoms with van der Waals surface area (Å²) in [7, 11) is 0. The van der Waals surface area contributed by atoms with Crippen LogP contribution in [0.1, 0.15) is 113 Å². The molecule has 4 rings (SSSR count). The van der Waals surface area contributed by atoms with Crippen LogP contribution in [0.25, 0.3) is 10.8 Å². The second-order valence-corrected chi connectivity index (χ2v) is 10.4. The van der Waals surface area contributed by atoms with E-state index in [1.807, 2.05) is 0 Å². The normalized spacial score (nSPS) is 17.9. The number of benzene rings is 3. The van der Waals surface area contributed by atoms with Gasteiger partial charge in [0.1, 0.15) is 0 Å². The molecule has 1 fully saturated rings. The Morgan fingerprint density at radius 3 is 2.09 bits per heavy atom. The first-order valence-electron chi connectivity index (χ1n) is 13.9. The minimum Gasteiger partial charge on any atom is -0.0654 e. The van der Waals surface area contributed by atoms with Gasteiger partial charge in [-0.1, -0.05) is 101 Å². The number of unbranched alkanes of at least 4 members (excludes halogenated alkanes) is 4. The Bertz CT molecular complexity index is 1080. The molecular weight excluding hydrogens is 408 g/mol. The quantitative estimate of drug-likeness (QED) is 0.225. The molecule has 0 N–H and O–H groups in total. The van der Waals surface area contributed by atoms with Crippen LogP contribution in [-0.2, 0) is 6.42 Å². The third kappa shape index (κ3) is 6.99. The molecule has 1 aliphatic carbocycles. The van der Waals surface area contributed by atoms with Crippen LogP contribution in [0.4, 0.5) is 0 Å². The Hall–Kier alpha value is -2.52. The molecule has 0 unspecified atom stereocenters. The van der Waals surface area contributed by atoms with Crippen molar-refractivity contribution in [3.63, 3.8) is 0 Å². The largest absolute Gasteiger partial charge is 0.0654 e. The number of hydrogen-bond acceptors (Lipinski definition) is 0. The van der Waals surface area contributed by atoms with Crippen molar-refractivity contribution in [2.24, 2.45) is 5.92 Å². The maximum Gasteiger partial charge on any atom is 0.0255 e. The van der Waals surface area contributed by atoms with Crippen LogP contribution in [0, 0.1) is 17.8 Å². The van der Waals surface area contributed by atoms with Crippen molar-refractivity contribution in [3.8, 4) is 11.8 Å². The summed E-state index contributed by atoms with van der Waals surface area (Å²) in [5, 5.41) is 2.61. The maximum absolute atomic E-state index is 3.39. The molecule has 0 nitrogen and oxygen atoms in total. The van der Waals surface area contributed by atoms with Crippen LogP contribution in [0.2, 0.25) is 0 Å². The Kier molecular flexibility index (Phi) is 9.27. The zero-order chi connectivity index (χ0) is 23.6. The van der Waals surface area contributed by atoms with E-state index in [1.165, 1.54) is 98.9 Å². The molecule has 0 saturated heterocycles. The van der Waals surface area contributed by atoms with Gasteiger partial charge in [-0.25, -0.2) is 0 Å². The summed E-state index contributed by atoms with van der Waals surface area (Å²) in [5.41, 5.74) is 5.17. The lowest BCUT2D eigenvalue weighted by Gasteiger charge is -2.28. The predicted molar refractivity (Wildman–Crippen MR) is 148 cm³/mol. The minimum absolute atomic E-state index is 0.747. The van der Waals surface area contributed by atoms with Crippen molar-refractivity contribution < 1.29 is 0 Å². The van der Waals surface area contributed by atoms with Crippen molar-refractivity contribution in [2.75, 3.05) is 0 Å². The first-order chi connectivity index (χ1) is 16.7. The molecule has 0 heterocycles. The fraction of sp³-hybridized carbons (Fsp3) is 0.471. The first-order valence-corrected chi connectivity index (χ1v) is 13.9. The molecule has 0 aromatic heterocycles. The average Bonchev–Trinajstić information content (AvgIpc) is 2.89. The van der Waals surface area contributed by atoms with Gasteiger partial charge in [0, 0.05) is 11.1 Å². The summed E-state index contributed by atoms with van der Waals surface area (Å²) in [6.45, 7) is 4.58. The molecule has 0 spiro atoms. The monoisotopic (exact) mass is 450 g/mol. The van der Waals surface area contributed by atoms with Crippen LogP contribution >= 0.6 is 0 Å². The summed E-state index contributed by atoms with van der Waals surface area (Å²) in [6, 6.07) is 22.6. The van der Waals surface area contributed by atoms with E-state index in [0.717, 1.165) is 23.0 Å². The van der Waals surface area contributed by atoms with Gasteiger partial charge in [-0.3, -0.25) is 0 Å². The SMILES string of the molecule is CCCCCCc1ccc2cc(C#Cc3ccc([C@H]4CC[C@H](CCCC)CC4)cc3)ccc2c1. The fourth-order valence-electron chi connectivity index (χ4n) is 5.54. The number of rotatable bonds is 9. The molecule has 34 heavy (non-hydrogen) atoms. The highest BCUT2D eigenvalue weighted by atomic mass is 14.3. The highest BCUT2D eigenvalue weighted by molar-refractivity contribution is 5.84. The molecule has 0 atom stereocenters. The molecule has 1 aliphatic rings. The summed E-state index contributed by atoms with van der Waals surface area (Å²) in [4.78, 5) is 0. The molecule has 1 saturated carbocycles. The predicted octanol–water partition coefficient (Wildman–Crippen LogP) is 9.83. The second-order valence-electron chi connectivity index (χ2n) is 10.4. The van der Waals surface area contributed by atoms with Crippen molar-refractivity contribution in [2.45, 2.75) is 96.8 Å². The average molecular weight is 451 g/mol. The molecule has 0 bridgehead atoms.